The van der Waals surface area contributed by atoms with Gasteiger partial charge >= 0.3 is 0 Å². The molecule has 72 valence electrons. The second-order valence-corrected chi connectivity index (χ2v) is 3.84. The Hall–Kier alpha value is -1.50. The van der Waals surface area contributed by atoms with E-state index in [0.717, 1.165) is 0 Å². The van der Waals surface area contributed by atoms with Crippen molar-refractivity contribution in [3.63, 3.8) is 0 Å². The minimum atomic E-state index is 1.28. The molecule has 0 aliphatic rings. The highest BCUT2D eigenvalue weighted by atomic mass is 15.1. The molecule has 1 heteroatoms. The Labute approximate surface area is 85.0 Å². The summed E-state index contributed by atoms with van der Waals surface area (Å²) >= 11 is 0. The fraction of sp³-hybridized carbons (Fsp3) is 0.231. The molecular weight excluding hydrogens is 170 g/mol. The Morgan fingerprint density at radius 2 is 1.50 bits per heavy atom. The van der Waals surface area contributed by atoms with Crippen molar-refractivity contribution in [1.82, 2.24) is 0 Å². The minimum absolute atomic E-state index is 1.28. The molecule has 0 atom stereocenters. The average Bonchev–Trinajstić information content (AvgIpc) is 2.18. The van der Waals surface area contributed by atoms with E-state index in [9.17, 15) is 0 Å². The smallest absolute Gasteiger partial charge is 0.0440 e. The van der Waals surface area contributed by atoms with Crippen molar-refractivity contribution in [3.05, 3.63) is 42.0 Å². The van der Waals surface area contributed by atoms with Gasteiger partial charge < -0.3 is 4.90 Å². The van der Waals surface area contributed by atoms with E-state index in [2.05, 4.69) is 62.3 Å². The summed E-state index contributed by atoms with van der Waals surface area (Å²) in [6, 6.07) is 12.9. The number of benzene rings is 2. The molecule has 0 aliphatic heterocycles. The first-order valence-electron chi connectivity index (χ1n) is 4.86. The number of anilines is 1. The van der Waals surface area contributed by atoms with Crippen LogP contribution in [0.3, 0.4) is 0 Å². The van der Waals surface area contributed by atoms with E-state index < -0.39 is 0 Å². The molecule has 2 aromatic carbocycles. The third kappa shape index (κ3) is 1.35. The van der Waals surface area contributed by atoms with Crippen molar-refractivity contribution < 1.29 is 0 Å². The maximum absolute atomic E-state index is 2.18. The van der Waals surface area contributed by atoms with Gasteiger partial charge in [0.15, 0.2) is 0 Å². The highest BCUT2D eigenvalue weighted by Gasteiger charge is 2.03. The minimum Gasteiger partial charge on any atom is -0.377 e. The fourth-order valence-corrected chi connectivity index (χ4v) is 1.82. The molecule has 0 fully saturated rings. The van der Waals surface area contributed by atoms with Crippen LogP contribution in [0.5, 0.6) is 0 Å². The van der Waals surface area contributed by atoms with E-state index >= 15 is 0 Å². The third-order valence-corrected chi connectivity index (χ3v) is 2.60. The number of rotatable bonds is 1. The van der Waals surface area contributed by atoms with Gasteiger partial charge in [-0.3, -0.25) is 0 Å². The number of fused-ring (bicyclic) bond motifs is 1. The first-order valence-corrected chi connectivity index (χ1v) is 4.86. The van der Waals surface area contributed by atoms with E-state index in [0.29, 0.717) is 0 Å². The predicted octanol–water partition coefficient (Wildman–Crippen LogP) is 3.21. The van der Waals surface area contributed by atoms with Crippen LogP contribution in [0.2, 0.25) is 0 Å². The topological polar surface area (TPSA) is 3.24 Å². The van der Waals surface area contributed by atoms with Gasteiger partial charge in [-0.1, -0.05) is 30.3 Å². The van der Waals surface area contributed by atoms with E-state index in [-0.39, 0.29) is 0 Å². The Morgan fingerprint density at radius 3 is 2.14 bits per heavy atom. The molecule has 0 N–H and O–H groups in total. The fourth-order valence-electron chi connectivity index (χ4n) is 1.82. The second kappa shape index (κ2) is 3.33. The molecule has 1 nitrogen and oxygen atoms in total. The lowest BCUT2D eigenvalue weighted by Gasteiger charge is -2.16. The van der Waals surface area contributed by atoms with Gasteiger partial charge in [-0.2, -0.15) is 0 Å². The Kier molecular flexibility index (Phi) is 2.16. The van der Waals surface area contributed by atoms with Crippen LogP contribution in [-0.4, -0.2) is 14.1 Å². The summed E-state index contributed by atoms with van der Waals surface area (Å²) in [5.74, 6) is 0. The van der Waals surface area contributed by atoms with Crippen LogP contribution >= 0.6 is 0 Å². The molecule has 0 heterocycles. The first kappa shape index (κ1) is 9.07. The first-order chi connectivity index (χ1) is 6.70. The lowest BCUT2D eigenvalue weighted by atomic mass is 10.0. The molecule has 2 aromatic rings. The van der Waals surface area contributed by atoms with Gasteiger partial charge in [0, 0.05) is 25.2 Å². The van der Waals surface area contributed by atoms with Crippen molar-refractivity contribution in [1.29, 1.82) is 0 Å². The number of hydrogen-bond donors (Lipinski definition) is 0. The SMILES string of the molecule is Cc1ccc(N(C)C)c2ccccc12. The molecule has 0 aliphatic carbocycles. The van der Waals surface area contributed by atoms with Gasteiger partial charge in [-0.25, -0.2) is 0 Å². The van der Waals surface area contributed by atoms with Gasteiger partial charge in [-0.15, -0.1) is 0 Å². The zero-order valence-electron chi connectivity index (χ0n) is 8.91. The number of nitrogens with zero attached hydrogens (tertiary/aromatic N) is 1. The summed E-state index contributed by atoms with van der Waals surface area (Å²) in [6.45, 7) is 2.15. The molecular formula is C13H15N. The summed E-state index contributed by atoms with van der Waals surface area (Å²) in [5.41, 5.74) is 2.62. The summed E-state index contributed by atoms with van der Waals surface area (Å²) in [6.07, 6.45) is 0. The molecule has 0 saturated heterocycles. The molecule has 0 unspecified atom stereocenters. The lowest BCUT2D eigenvalue weighted by molar-refractivity contribution is 1.14. The normalized spacial score (nSPS) is 10.5. The standard InChI is InChI=1S/C13H15N/c1-10-8-9-13(14(2)3)12-7-5-4-6-11(10)12/h4-9H,1-3H3. The van der Waals surface area contributed by atoms with Crippen molar-refractivity contribution in [3.8, 4) is 0 Å². The van der Waals surface area contributed by atoms with Gasteiger partial charge in [-0.05, 0) is 23.9 Å². The molecule has 0 radical (unpaired) electrons. The largest absolute Gasteiger partial charge is 0.377 e. The lowest BCUT2D eigenvalue weighted by Crippen LogP contribution is -2.09. The Morgan fingerprint density at radius 1 is 0.857 bits per heavy atom. The van der Waals surface area contributed by atoms with Crippen molar-refractivity contribution >= 4 is 16.5 Å². The summed E-state index contributed by atoms with van der Waals surface area (Å²) in [7, 11) is 4.16. The predicted molar refractivity (Wildman–Crippen MR) is 63.0 cm³/mol. The molecule has 0 aromatic heterocycles. The van der Waals surface area contributed by atoms with Gasteiger partial charge in [0.05, 0.1) is 0 Å². The van der Waals surface area contributed by atoms with E-state index in [1.54, 1.807) is 0 Å². The van der Waals surface area contributed by atoms with Crippen LogP contribution in [0.15, 0.2) is 36.4 Å². The summed E-state index contributed by atoms with van der Waals surface area (Å²) in [4.78, 5) is 2.15. The number of aryl methyl sites for hydroxylation is 1. The molecule has 0 bridgehead atoms. The molecule has 0 saturated carbocycles. The zero-order valence-corrected chi connectivity index (χ0v) is 8.91. The Balaban J connectivity index is 2.82. The van der Waals surface area contributed by atoms with Crippen LogP contribution < -0.4 is 4.90 Å². The second-order valence-electron chi connectivity index (χ2n) is 3.84. The van der Waals surface area contributed by atoms with Gasteiger partial charge in [0.1, 0.15) is 0 Å². The molecule has 0 amide bonds. The van der Waals surface area contributed by atoms with Gasteiger partial charge in [0.25, 0.3) is 0 Å². The van der Waals surface area contributed by atoms with E-state index in [1.807, 2.05) is 0 Å². The highest BCUT2D eigenvalue weighted by molar-refractivity contribution is 5.96. The number of hydrogen-bond acceptors (Lipinski definition) is 1. The van der Waals surface area contributed by atoms with Crippen LogP contribution in [0.1, 0.15) is 5.56 Å². The molecule has 0 spiro atoms. The van der Waals surface area contributed by atoms with Crippen molar-refractivity contribution in [2.45, 2.75) is 6.92 Å². The maximum Gasteiger partial charge on any atom is 0.0440 e. The summed E-state index contributed by atoms with van der Waals surface area (Å²) < 4.78 is 0. The van der Waals surface area contributed by atoms with Crippen molar-refractivity contribution in [2.24, 2.45) is 0 Å². The van der Waals surface area contributed by atoms with Crippen molar-refractivity contribution in [2.75, 3.05) is 19.0 Å². The summed E-state index contributed by atoms with van der Waals surface area (Å²) in [5, 5.41) is 2.68. The van der Waals surface area contributed by atoms with Crippen LogP contribution in [-0.2, 0) is 0 Å². The van der Waals surface area contributed by atoms with Crippen LogP contribution in [0.25, 0.3) is 10.8 Å². The monoisotopic (exact) mass is 185 g/mol. The Bertz CT molecular complexity index is 458. The van der Waals surface area contributed by atoms with Gasteiger partial charge in [0.2, 0.25) is 0 Å². The maximum atomic E-state index is 2.18. The van der Waals surface area contributed by atoms with Crippen LogP contribution in [0, 0.1) is 6.92 Å². The quantitative estimate of drug-likeness (QED) is 0.659. The molecule has 14 heavy (non-hydrogen) atoms. The highest BCUT2D eigenvalue weighted by Crippen LogP contribution is 2.27. The average molecular weight is 185 g/mol. The molecule has 2 rings (SSSR count). The zero-order chi connectivity index (χ0) is 10.1. The van der Waals surface area contributed by atoms with E-state index in [4.69, 9.17) is 0 Å². The van der Waals surface area contributed by atoms with Crippen LogP contribution in [0.4, 0.5) is 5.69 Å². The third-order valence-electron chi connectivity index (χ3n) is 2.60. The van der Waals surface area contributed by atoms with E-state index in [1.165, 1.54) is 22.0 Å².